The number of carbonyl (C=O) groups is 1. The predicted molar refractivity (Wildman–Crippen MR) is 119 cm³/mol. The average molecular weight is 502 g/mol. The summed E-state index contributed by atoms with van der Waals surface area (Å²) in [7, 11) is 0. The monoisotopic (exact) mass is 501 g/mol. The molecule has 1 aliphatic carbocycles. The zero-order valence-electron chi connectivity index (χ0n) is 19.2. The van der Waals surface area contributed by atoms with Crippen molar-refractivity contribution in [1.29, 1.82) is 0 Å². The van der Waals surface area contributed by atoms with Crippen LogP contribution in [0.2, 0.25) is 0 Å². The third-order valence-corrected chi connectivity index (χ3v) is 7.46. The highest BCUT2D eigenvalue weighted by molar-refractivity contribution is 7.13. The largest absolute Gasteiger partial charge is 0.460 e. The summed E-state index contributed by atoms with van der Waals surface area (Å²) in [6, 6.07) is 0.200. The number of rotatable bonds is 8. The fourth-order valence-electron chi connectivity index (χ4n) is 4.61. The highest BCUT2D eigenvalue weighted by Gasteiger charge is 2.30. The molecule has 34 heavy (non-hydrogen) atoms. The number of amides is 1. The molecule has 2 aliphatic rings. The first-order chi connectivity index (χ1) is 16.2. The van der Waals surface area contributed by atoms with Gasteiger partial charge >= 0.3 is 6.18 Å². The Kier molecular flexibility index (Phi) is 8.07. The summed E-state index contributed by atoms with van der Waals surface area (Å²) < 4.78 is 46.8. The van der Waals surface area contributed by atoms with E-state index in [0.29, 0.717) is 17.6 Å². The third kappa shape index (κ3) is 7.39. The van der Waals surface area contributed by atoms with Crippen molar-refractivity contribution < 1.29 is 27.2 Å². The van der Waals surface area contributed by atoms with Gasteiger partial charge in [0.05, 0.1) is 12.1 Å². The molecule has 1 N–H and O–H groups in total. The van der Waals surface area contributed by atoms with Crippen molar-refractivity contribution in [1.82, 2.24) is 25.3 Å². The molecule has 4 rings (SSSR count). The van der Waals surface area contributed by atoms with Crippen molar-refractivity contribution in [3.8, 4) is 5.19 Å². The summed E-state index contributed by atoms with van der Waals surface area (Å²) in [6.07, 6.45) is 2.57. The molecule has 12 heteroatoms. The second-order valence-electron chi connectivity index (χ2n) is 9.08. The first-order valence-corrected chi connectivity index (χ1v) is 12.5. The predicted octanol–water partition coefficient (Wildman–Crippen LogP) is 3.48. The number of ether oxygens (including phenoxy) is 1. The van der Waals surface area contributed by atoms with Gasteiger partial charge in [-0.15, -0.1) is 0 Å². The first-order valence-electron chi connectivity index (χ1n) is 11.7. The molecule has 1 aliphatic heterocycles. The molecule has 2 aromatic rings. The van der Waals surface area contributed by atoms with Crippen LogP contribution >= 0.6 is 11.3 Å². The minimum atomic E-state index is -4.35. The molecular weight excluding hydrogens is 471 g/mol. The molecule has 188 valence electrons. The fourth-order valence-corrected chi connectivity index (χ4v) is 5.55. The molecule has 2 aromatic heterocycles. The minimum absolute atomic E-state index is 0.0677. The molecular formula is C22H30F3N5O3S. The van der Waals surface area contributed by atoms with Crippen LogP contribution in [0.5, 0.6) is 5.19 Å². The molecule has 8 nitrogen and oxygen atoms in total. The van der Waals surface area contributed by atoms with Gasteiger partial charge in [0.15, 0.2) is 12.4 Å². The van der Waals surface area contributed by atoms with Crippen molar-refractivity contribution in [2.24, 2.45) is 5.92 Å². The number of aromatic nitrogens is 3. The lowest BCUT2D eigenvalue weighted by atomic mass is 9.84. The number of fused-ring (bicyclic) bond motifs is 1. The van der Waals surface area contributed by atoms with Crippen molar-refractivity contribution in [2.45, 2.75) is 70.5 Å². The van der Waals surface area contributed by atoms with Crippen LogP contribution in [0.15, 0.2) is 4.52 Å². The lowest BCUT2D eigenvalue weighted by Gasteiger charge is -2.30. The first kappa shape index (κ1) is 24.9. The highest BCUT2D eigenvalue weighted by Crippen LogP contribution is 2.31. The topological polar surface area (TPSA) is 93.4 Å². The van der Waals surface area contributed by atoms with Gasteiger partial charge in [-0.05, 0) is 51.0 Å². The molecule has 0 spiro atoms. The number of aryl methyl sites for hydroxylation is 1. The second-order valence-corrected chi connectivity index (χ2v) is 10.1. The lowest BCUT2D eigenvalue weighted by molar-refractivity contribution is -0.153. The Morgan fingerprint density at radius 1 is 1.21 bits per heavy atom. The van der Waals surface area contributed by atoms with Crippen LogP contribution in [0.3, 0.4) is 0 Å². The summed E-state index contributed by atoms with van der Waals surface area (Å²) in [5, 5.41) is 6.97. The Hall–Kier alpha value is -2.21. The van der Waals surface area contributed by atoms with Gasteiger partial charge in [-0.2, -0.15) is 18.2 Å². The van der Waals surface area contributed by atoms with Gasteiger partial charge in [0.25, 0.3) is 5.19 Å². The van der Waals surface area contributed by atoms with E-state index in [0.717, 1.165) is 75.2 Å². The number of hydrogen-bond acceptors (Lipinski definition) is 8. The van der Waals surface area contributed by atoms with Crippen molar-refractivity contribution in [3.63, 3.8) is 0 Å². The van der Waals surface area contributed by atoms with Crippen LogP contribution in [-0.4, -0.2) is 64.4 Å². The van der Waals surface area contributed by atoms with Gasteiger partial charge in [0.2, 0.25) is 11.8 Å². The minimum Gasteiger partial charge on any atom is -0.460 e. The van der Waals surface area contributed by atoms with Crippen molar-refractivity contribution >= 4 is 17.2 Å². The molecule has 0 unspecified atom stereocenters. The van der Waals surface area contributed by atoms with Crippen LogP contribution in [0.1, 0.15) is 54.4 Å². The van der Waals surface area contributed by atoms with Gasteiger partial charge in [0.1, 0.15) is 0 Å². The van der Waals surface area contributed by atoms with Crippen LogP contribution < -0.4 is 10.1 Å². The van der Waals surface area contributed by atoms with E-state index in [4.69, 9.17) is 9.26 Å². The number of hydrogen-bond donors (Lipinski definition) is 1. The maximum absolute atomic E-state index is 12.4. The molecule has 0 saturated heterocycles. The number of thiazole rings is 1. The maximum atomic E-state index is 12.4. The standard InChI is InChI=1S/C22H30F3N5O3S/c1-14-26-19(29-33-14)12-20(31)27-16-4-2-15(3-5-16)6-9-30-10-7-17-18(8-11-30)34-21(28-17)32-13-22(23,24)25/h15-16H,2-13H2,1H3,(H,27,31). The molecule has 1 amide bonds. The van der Waals surface area contributed by atoms with E-state index >= 15 is 0 Å². The summed E-state index contributed by atoms with van der Waals surface area (Å²) >= 11 is 1.24. The SMILES string of the molecule is Cc1nc(CC(=O)NC2CCC(CCN3CCc4nc(OCC(F)(F)F)sc4CC3)CC2)no1. The summed E-state index contributed by atoms with van der Waals surface area (Å²) in [5.74, 6) is 1.45. The lowest BCUT2D eigenvalue weighted by Crippen LogP contribution is -2.39. The number of nitrogens with zero attached hydrogens (tertiary/aromatic N) is 4. The summed E-state index contributed by atoms with van der Waals surface area (Å²) in [5.41, 5.74) is 0.872. The van der Waals surface area contributed by atoms with E-state index in [-0.39, 0.29) is 23.6 Å². The van der Waals surface area contributed by atoms with Gasteiger partial charge in [-0.25, -0.2) is 4.98 Å². The van der Waals surface area contributed by atoms with Crippen LogP contribution in [-0.2, 0) is 24.1 Å². The Labute approximate surface area is 200 Å². The fraction of sp³-hybridized carbons (Fsp3) is 0.727. The maximum Gasteiger partial charge on any atom is 0.422 e. The molecule has 3 heterocycles. The number of halogens is 3. The van der Waals surface area contributed by atoms with E-state index < -0.39 is 12.8 Å². The number of alkyl halides is 3. The second kappa shape index (κ2) is 11.0. The van der Waals surface area contributed by atoms with E-state index in [1.54, 1.807) is 6.92 Å². The quantitative estimate of drug-likeness (QED) is 0.592. The highest BCUT2D eigenvalue weighted by atomic mass is 32.1. The Morgan fingerprint density at radius 3 is 2.68 bits per heavy atom. The molecule has 0 aromatic carbocycles. The van der Waals surface area contributed by atoms with E-state index in [2.05, 4.69) is 25.3 Å². The van der Waals surface area contributed by atoms with E-state index in [1.165, 1.54) is 11.3 Å². The van der Waals surface area contributed by atoms with Crippen molar-refractivity contribution in [3.05, 3.63) is 22.3 Å². The Bertz CT molecular complexity index is 930. The summed E-state index contributed by atoms with van der Waals surface area (Å²) in [4.78, 5) is 24.0. The number of carbonyl (C=O) groups excluding carboxylic acids is 1. The number of nitrogens with one attached hydrogen (secondary N) is 1. The molecule has 1 saturated carbocycles. The Morgan fingerprint density at radius 2 is 1.97 bits per heavy atom. The average Bonchev–Trinajstić information content (AvgIpc) is 3.32. The normalized spacial score (nSPS) is 21.6. The van der Waals surface area contributed by atoms with Crippen molar-refractivity contribution in [2.75, 3.05) is 26.2 Å². The van der Waals surface area contributed by atoms with Gasteiger partial charge in [-0.1, -0.05) is 16.5 Å². The third-order valence-electron chi connectivity index (χ3n) is 6.39. The van der Waals surface area contributed by atoms with Gasteiger partial charge < -0.3 is 19.5 Å². The van der Waals surface area contributed by atoms with Crippen LogP contribution in [0, 0.1) is 12.8 Å². The molecule has 0 radical (unpaired) electrons. The molecule has 0 atom stereocenters. The molecule has 1 fully saturated rings. The smallest absolute Gasteiger partial charge is 0.422 e. The van der Waals surface area contributed by atoms with E-state index in [9.17, 15) is 18.0 Å². The van der Waals surface area contributed by atoms with E-state index in [1.807, 2.05) is 0 Å². The zero-order chi connectivity index (χ0) is 24.1. The van der Waals surface area contributed by atoms with Gasteiger partial charge in [-0.3, -0.25) is 4.79 Å². The zero-order valence-corrected chi connectivity index (χ0v) is 20.0. The van der Waals surface area contributed by atoms with Crippen LogP contribution in [0.4, 0.5) is 13.2 Å². The van der Waals surface area contributed by atoms with Crippen LogP contribution in [0.25, 0.3) is 0 Å². The Balaban J connectivity index is 1.13. The summed E-state index contributed by atoms with van der Waals surface area (Å²) in [6.45, 7) is 3.15. The van der Waals surface area contributed by atoms with Gasteiger partial charge in [0, 0.05) is 37.4 Å². The molecule has 0 bridgehead atoms.